The first-order chi connectivity index (χ1) is 12.1. The van der Waals surface area contributed by atoms with Crippen LogP contribution in [0.1, 0.15) is 16.5 Å². The summed E-state index contributed by atoms with van der Waals surface area (Å²) in [6.07, 6.45) is -4.62. The van der Waals surface area contributed by atoms with E-state index >= 15 is 0 Å². The lowest BCUT2D eigenvalue weighted by Gasteiger charge is -2.24. The van der Waals surface area contributed by atoms with Crippen molar-refractivity contribution in [2.75, 3.05) is 12.3 Å². The lowest BCUT2D eigenvalue weighted by molar-refractivity contribution is -0.137. The minimum absolute atomic E-state index is 0.173. The molecule has 3 nitrogen and oxygen atoms in total. The van der Waals surface area contributed by atoms with Crippen LogP contribution in [0.25, 0.3) is 0 Å². The number of hydrogen-bond donors (Lipinski definition) is 0. The third-order valence-electron chi connectivity index (χ3n) is 3.85. The Bertz CT molecular complexity index is 935. The molecule has 2 aromatic rings. The van der Waals surface area contributed by atoms with E-state index in [0.29, 0.717) is 27.4 Å². The molecule has 0 spiro atoms. The molecule has 3 rings (SSSR count). The van der Waals surface area contributed by atoms with E-state index in [-0.39, 0.29) is 6.54 Å². The van der Waals surface area contributed by atoms with E-state index in [1.807, 2.05) is 0 Å². The molecule has 0 bridgehead atoms. The first kappa shape index (κ1) is 19.8. The zero-order chi connectivity index (χ0) is 19.1. The van der Waals surface area contributed by atoms with Gasteiger partial charge in [0, 0.05) is 22.3 Å². The molecular formula is C16H12Cl2F3NO2S2. The molecule has 2 aromatic carbocycles. The van der Waals surface area contributed by atoms with Crippen molar-refractivity contribution >= 4 is 45.0 Å². The van der Waals surface area contributed by atoms with Gasteiger partial charge in [-0.1, -0.05) is 35.3 Å². The predicted octanol–water partition coefficient (Wildman–Crippen LogP) is 5.45. The molecule has 1 heterocycles. The molecular weight excluding hydrogens is 430 g/mol. The van der Waals surface area contributed by atoms with Crippen LogP contribution < -0.4 is 0 Å². The maximum absolute atomic E-state index is 13.0. The topological polar surface area (TPSA) is 37.4 Å². The molecule has 1 saturated heterocycles. The minimum atomic E-state index is -4.62. The molecule has 0 amide bonds. The SMILES string of the molecule is O=S(=O)(c1cccc(C(F)(F)F)c1)N1CCSC1c1ccc(Cl)cc1Cl. The van der Waals surface area contributed by atoms with E-state index in [2.05, 4.69) is 0 Å². The molecule has 26 heavy (non-hydrogen) atoms. The van der Waals surface area contributed by atoms with Crippen LogP contribution in [-0.2, 0) is 16.2 Å². The second-order valence-electron chi connectivity index (χ2n) is 5.53. The highest BCUT2D eigenvalue weighted by molar-refractivity contribution is 8.01. The van der Waals surface area contributed by atoms with Crippen LogP contribution in [0.3, 0.4) is 0 Å². The van der Waals surface area contributed by atoms with Crippen molar-refractivity contribution in [1.29, 1.82) is 0 Å². The fraction of sp³-hybridized carbons (Fsp3) is 0.250. The van der Waals surface area contributed by atoms with Crippen LogP contribution >= 0.6 is 35.0 Å². The fourth-order valence-electron chi connectivity index (χ4n) is 2.62. The third-order valence-corrected chi connectivity index (χ3v) is 7.64. The monoisotopic (exact) mass is 441 g/mol. The van der Waals surface area contributed by atoms with Crippen molar-refractivity contribution in [3.63, 3.8) is 0 Å². The molecule has 1 aliphatic rings. The van der Waals surface area contributed by atoms with Gasteiger partial charge in [-0.25, -0.2) is 8.42 Å². The van der Waals surface area contributed by atoms with Crippen LogP contribution in [0, 0.1) is 0 Å². The van der Waals surface area contributed by atoms with Gasteiger partial charge in [0.1, 0.15) is 0 Å². The number of hydrogen-bond acceptors (Lipinski definition) is 3. The van der Waals surface area contributed by atoms with Crippen molar-refractivity contribution in [3.8, 4) is 0 Å². The molecule has 1 aliphatic heterocycles. The summed E-state index contributed by atoms with van der Waals surface area (Å²) in [5, 5.41) is 0.0921. The van der Waals surface area contributed by atoms with Crippen molar-refractivity contribution in [2.24, 2.45) is 0 Å². The van der Waals surface area contributed by atoms with Gasteiger partial charge in [0.25, 0.3) is 0 Å². The van der Waals surface area contributed by atoms with E-state index in [9.17, 15) is 21.6 Å². The average molecular weight is 442 g/mol. The summed E-state index contributed by atoms with van der Waals surface area (Å²) in [4.78, 5) is -0.398. The molecule has 1 atom stereocenters. The van der Waals surface area contributed by atoms with E-state index < -0.39 is 32.0 Å². The number of benzene rings is 2. The Morgan fingerprint density at radius 2 is 1.85 bits per heavy atom. The highest BCUT2D eigenvalue weighted by Crippen LogP contribution is 2.44. The number of alkyl halides is 3. The lowest BCUT2D eigenvalue weighted by Crippen LogP contribution is -2.30. The van der Waals surface area contributed by atoms with Gasteiger partial charge >= 0.3 is 6.18 Å². The smallest absolute Gasteiger partial charge is 0.207 e. The molecule has 0 radical (unpaired) electrons. The van der Waals surface area contributed by atoms with Crippen molar-refractivity contribution in [1.82, 2.24) is 4.31 Å². The van der Waals surface area contributed by atoms with Crippen molar-refractivity contribution in [3.05, 3.63) is 63.6 Å². The van der Waals surface area contributed by atoms with Crippen LogP contribution in [0.15, 0.2) is 47.4 Å². The van der Waals surface area contributed by atoms with Crippen LogP contribution in [-0.4, -0.2) is 25.0 Å². The van der Waals surface area contributed by atoms with E-state index in [1.165, 1.54) is 22.1 Å². The molecule has 1 unspecified atom stereocenters. The number of thioether (sulfide) groups is 1. The van der Waals surface area contributed by atoms with Crippen LogP contribution in [0.5, 0.6) is 0 Å². The van der Waals surface area contributed by atoms with Gasteiger partial charge in [-0.15, -0.1) is 11.8 Å². The molecule has 0 N–H and O–H groups in total. The fourth-order valence-corrected chi connectivity index (χ4v) is 6.51. The van der Waals surface area contributed by atoms with Crippen molar-refractivity contribution < 1.29 is 21.6 Å². The Morgan fingerprint density at radius 3 is 2.50 bits per heavy atom. The van der Waals surface area contributed by atoms with Crippen LogP contribution in [0.4, 0.5) is 13.2 Å². The quantitative estimate of drug-likeness (QED) is 0.635. The molecule has 10 heteroatoms. The summed E-state index contributed by atoms with van der Waals surface area (Å²) in [6, 6.07) is 8.47. The summed E-state index contributed by atoms with van der Waals surface area (Å²) in [6.45, 7) is 0.173. The highest BCUT2D eigenvalue weighted by Gasteiger charge is 2.39. The number of halogens is 5. The zero-order valence-corrected chi connectivity index (χ0v) is 16.1. The summed E-state index contributed by atoms with van der Waals surface area (Å²) in [5.41, 5.74) is -0.458. The third kappa shape index (κ3) is 3.84. The number of rotatable bonds is 3. The van der Waals surface area contributed by atoms with Crippen molar-refractivity contribution in [2.45, 2.75) is 16.4 Å². The van der Waals surface area contributed by atoms with Gasteiger partial charge in [0.05, 0.1) is 15.8 Å². The molecule has 0 aliphatic carbocycles. The molecule has 1 fully saturated rings. The van der Waals surface area contributed by atoms with Crippen LogP contribution in [0.2, 0.25) is 10.0 Å². The van der Waals surface area contributed by atoms with E-state index in [4.69, 9.17) is 23.2 Å². The molecule has 140 valence electrons. The highest BCUT2D eigenvalue weighted by atomic mass is 35.5. The summed E-state index contributed by atoms with van der Waals surface area (Å²) in [7, 11) is -4.12. The lowest BCUT2D eigenvalue weighted by atomic mass is 10.2. The Hall–Kier alpha value is -0.930. The predicted molar refractivity (Wildman–Crippen MR) is 97.0 cm³/mol. The second-order valence-corrected chi connectivity index (χ2v) is 9.45. The normalized spacial score (nSPS) is 19.0. The number of sulfonamides is 1. The van der Waals surface area contributed by atoms with Gasteiger partial charge in [0.15, 0.2) is 0 Å². The Balaban J connectivity index is 2.01. The number of nitrogens with zero attached hydrogens (tertiary/aromatic N) is 1. The maximum atomic E-state index is 13.0. The maximum Gasteiger partial charge on any atom is 0.416 e. The largest absolute Gasteiger partial charge is 0.416 e. The van der Waals surface area contributed by atoms with Gasteiger partial charge in [-0.3, -0.25) is 0 Å². The summed E-state index contributed by atoms with van der Waals surface area (Å²) in [5.74, 6) is 0.502. The Morgan fingerprint density at radius 1 is 1.12 bits per heavy atom. The minimum Gasteiger partial charge on any atom is -0.207 e. The average Bonchev–Trinajstić information content (AvgIpc) is 3.04. The first-order valence-corrected chi connectivity index (χ1v) is 10.6. The Kier molecular flexibility index (Phi) is 5.52. The standard InChI is InChI=1S/C16H12Cl2F3NO2S2/c17-11-4-5-13(14(18)9-11)15-22(6-7-25-15)26(23,24)12-3-1-2-10(8-12)16(19,20)21/h1-5,8-9,15H,6-7H2. The van der Waals surface area contributed by atoms with Gasteiger partial charge in [0.2, 0.25) is 10.0 Å². The second kappa shape index (κ2) is 7.24. The van der Waals surface area contributed by atoms with Gasteiger partial charge < -0.3 is 0 Å². The van der Waals surface area contributed by atoms with Gasteiger partial charge in [-0.2, -0.15) is 17.5 Å². The molecule has 0 aromatic heterocycles. The Labute approximate surface area is 163 Å². The van der Waals surface area contributed by atoms with Gasteiger partial charge in [-0.05, 0) is 35.9 Å². The zero-order valence-electron chi connectivity index (χ0n) is 13.0. The molecule has 0 saturated carbocycles. The van der Waals surface area contributed by atoms with E-state index in [0.717, 1.165) is 18.2 Å². The van der Waals surface area contributed by atoms with E-state index in [1.54, 1.807) is 12.1 Å². The summed E-state index contributed by atoms with van der Waals surface area (Å²) < 4.78 is 65.8. The first-order valence-electron chi connectivity index (χ1n) is 7.36. The summed E-state index contributed by atoms with van der Waals surface area (Å²) >= 11 is 13.4.